The summed E-state index contributed by atoms with van der Waals surface area (Å²) in [5, 5.41) is 26.0. The van der Waals surface area contributed by atoms with Crippen LogP contribution < -0.4 is 0 Å². The summed E-state index contributed by atoms with van der Waals surface area (Å²) in [6, 6.07) is 18.0. The normalized spacial score (nSPS) is 11.6. The van der Waals surface area contributed by atoms with Crippen LogP contribution >= 0.6 is 0 Å². The largest absolute Gasteiger partial charge is 0.396 e. The Morgan fingerprint density at radius 3 is 0.762 bits per heavy atom. The Hall–Kier alpha value is -2.73. The highest BCUT2D eigenvalue weighted by Gasteiger charge is 2.24. The highest BCUT2D eigenvalue weighted by atomic mass is 32.2. The van der Waals surface area contributed by atoms with Crippen molar-refractivity contribution in [2.24, 2.45) is 5.41 Å². The van der Waals surface area contributed by atoms with E-state index in [1.54, 1.807) is 36.4 Å². The first-order valence-electron chi connectivity index (χ1n) is 12.2. The van der Waals surface area contributed by atoms with E-state index in [4.69, 9.17) is 29.0 Å². The second-order valence-electron chi connectivity index (χ2n) is 9.19. The van der Waals surface area contributed by atoms with Gasteiger partial charge in [-0.1, -0.05) is 60.0 Å². The zero-order valence-electron chi connectivity index (χ0n) is 23.6. The van der Waals surface area contributed by atoms with Crippen molar-refractivity contribution in [1.82, 2.24) is 0 Å². The standard InChI is InChI=1S/3C7H8O3S.C6H14O3/c3*1-6-2-4-7(5-3-6)11(8,9)10;1-2-6(3-7,4-8)5-9/h3*2-5H,1H3,(H,8,9,10);7-9H,2-5H2,1H3. The van der Waals surface area contributed by atoms with Gasteiger partial charge in [0, 0.05) is 5.41 Å². The molecule has 0 saturated heterocycles. The van der Waals surface area contributed by atoms with Crippen LogP contribution in [0.25, 0.3) is 0 Å². The average Bonchev–Trinajstić information content (AvgIpc) is 2.91. The van der Waals surface area contributed by atoms with Gasteiger partial charge >= 0.3 is 0 Å². The Balaban J connectivity index is 0.000000536. The SMILES string of the molecule is CCC(CO)(CO)CO.Cc1ccc(S(=O)(=O)O)cc1.Cc1ccc(S(=O)(=O)O)cc1.Cc1ccc(S(=O)(=O)O)cc1. The molecule has 0 aliphatic rings. The first-order chi connectivity index (χ1) is 19.2. The van der Waals surface area contributed by atoms with Crippen LogP contribution in [0.5, 0.6) is 0 Å². The highest BCUT2D eigenvalue weighted by Crippen LogP contribution is 2.18. The number of hydrogen-bond donors (Lipinski definition) is 6. The molecule has 42 heavy (non-hydrogen) atoms. The van der Waals surface area contributed by atoms with Gasteiger partial charge in [-0.2, -0.15) is 25.3 Å². The van der Waals surface area contributed by atoms with Gasteiger partial charge in [0.15, 0.2) is 0 Å². The number of aryl methyl sites for hydroxylation is 3. The van der Waals surface area contributed by atoms with Gasteiger partial charge in [-0.3, -0.25) is 13.7 Å². The lowest BCUT2D eigenvalue weighted by atomic mass is 9.88. The molecule has 0 aliphatic carbocycles. The summed E-state index contributed by atoms with van der Waals surface area (Å²) in [6.07, 6.45) is 0.594. The minimum atomic E-state index is -4.02. The van der Waals surface area contributed by atoms with Crippen LogP contribution in [0.1, 0.15) is 30.0 Å². The molecular formula is C27H38O12S3. The third-order valence-electron chi connectivity index (χ3n) is 5.71. The molecule has 6 N–H and O–H groups in total. The van der Waals surface area contributed by atoms with Crippen molar-refractivity contribution < 1.29 is 54.2 Å². The Labute approximate surface area is 247 Å². The van der Waals surface area contributed by atoms with Crippen molar-refractivity contribution in [1.29, 1.82) is 0 Å². The van der Waals surface area contributed by atoms with E-state index >= 15 is 0 Å². The minimum absolute atomic E-state index is 0.0666. The fourth-order valence-corrected chi connectivity index (χ4v) is 4.06. The number of hydrogen-bond acceptors (Lipinski definition) is 9. The van der Waals surface area contributed by atoms with Gasteiger partial charge < -0.3 is 15.3 Å². The molecule has 0 aliphatic heterocycles. The van der Waals surface area contributed by atoms with Gasteiger partial charge in [-0.05, 0) is 63.6 Å². The van der Waals surface area contributed by atoms with Gasteiger partial charge in [-0.25, -0.2) is 0 Å². The van der Waals surface area contributed by atoms with Crippen molar-refractivity contribution in [3.8, 4) is 0 Å². The molecule has 0 bridgehead atoms. The van der Waals surface area contributed by atoms with Crippen molar-refractivity contribution in [3.63, 3.8) is 0 Å². The zero-order valence-corrected chi connectivity index (χ0v) is 26.1. The second kappa shape index (κ2) is 17.4. The smallest absolute Gasteiger partial charge is 0.294 e. The Morgan fingerprint density at radius 1 is 0.476 bits per heavy atom. The molecule has 0 aromatic heterocycles. The molecule has 0 unspecified atom stereocenters. The van der Waals surface area contributed by atoms with Gasteiger partial charge in [0.2, 0.25) is 0 Å². The number of rotatable bonds is 7. The van der Waals surface area contributed by atoms with E-state index < -0.39 is 35.8 Å². The molecule has 0 radical (unpaired) electrons. The lowest BCUT2D eigenvalue weighted by Gasteiger charge is -2.24. The molecule has 236 valence electrons. The quantitative estimate of drug-likeness (QED) is 0.203. The molecule has 3 aromatic carbocycles. The van der Waals surface area contributed by atoms with E-state index in [1.165, 1.54) is 36.4 Å². The number of benzene rings is 3. The maximum absolute atomic E-state index is 10.5. The molecule has 0 atom stereocenters. The van der Waals surface area contributed by atoms with Crippen molar-refractivity contribution in [2.75, 3.05) is 19.8 Å². The molecule has 0 saturated carbocycles. The van der Waals surface area contributed by atoms with E-state index in [2.05, 4.69) is 0 Å². The molecule has 3 aromatic rings. The van der Waals surface area contributed by atoms with Crippen LogP contribution in [-0.4, -0.2) is 74.1 Å². The Bertz CT molecular complexity index is 1340. The topological polar surface area (TPSA) is 224 Å². The predicted molar refractivity (Wildman–Crippen MR) is 157 cm³/mol. The van der Waals surface area contributed by atoms with Crippen LogP contribution in [0.4, 0.5) is 0 Å². The summed E-state index contributed by atoms with van der Waals surface area (Å²) in [6.45, 7) is 6.88. The third-order valence-corrected chi connectivity index (χ3v) is 8.32. The summed E-state index contributed by atoms with van der Waals surface area (Å²) in [5.41, 5.74) is 2.20. The van der Waals surface area contributed by atoms with Gasteiger partial charge in [-0.15, -0.1) is 0 Å². The maximum Gasteiger partial charge on any atom is 0.294 e. The minimum Gasteiger partial charge on any atom is -0.396 e. The average molecular weight is 651 g/mol. The predicted octanol–water partition coefficient (Wildman–Crippen LogP) is 3.08. The third kappa shape index (κ3) is 14.9. The van der Waals surface area contributed by atoms with Crippen LogP contribution in [0.15, 0.2) is 87.5 Å². The lowest BCUT2D eigenvalue weighted by molar-refractivity contribution is 0.00304. The van der Waals surface area contributed by atoms with Crippen LogP contribution in [0.2, 0.25) is 0 Å². The summed E-state index contributed by atoms with van der Waals surface area (Å²) < 4.78 is 88.7. The monoisotopic (exact) mass is 650 g/mol. The van der Waals surface area contributed by atoms with Crippen molar-refractivity contribution in [2.45, 2.75) is 48.8 Å². The molecule has 0 spiro atoms. The van der Waals surface area contributed by atoms with Crippen LogP contribution in [-0.2, 0) is 30.4 Å². The molecule has 0 amide bonds. The lowest BCUT2D eigenvalue weighted by Crippen LogP contribution is -2.32. The fraction of sp³-hybridized carbons (Fsp3) is 0.333. The van der Waals surface area contributed by atoms with E-state index in [0.29, 0.717) is 6.42 Å². The summed E-state index contributed by atoms with van der Waals surface area (Å²) in [5.74, 6) is 0. The van der Waals surface area contributed by atoms with E-state index in [-0.39, 0.29) is 34.5 Å². The first-order valence-corrected chi connectivity index (χ1v) is 16.5. The van der Waals surface area contributed by atoms with Crippen LogP contribution in [0.3, 0.4) is 0 Å². The van der Waals surface area contributed by atoms with Crippen molar-refractivity contribution in [3.05, 3.63) is 89.5 Å². The number of aliphatic hydroxyl groups excluding tert-OH is 3. The van der Waals surface area contributed by atoms with Gasteiger partial charge in [0.25, 0.3) is 30.4 Å². The first kappa shape index (κ1) is 39.3. The highest BCUT2D eigenvalue weighted by molar-refractivity contribution is 7.86. The van der Waals surface area contributed by atoms with E-state index in [9.17, 15) is 25.3 Å². The maximum atomic E-state index is 10.5. The van der Waals surface area contributed by atoms with Gasteiger partial charge in [0.1, 0.15) is 0 Å². The zero-order chi connectivity index (χ0) is 32.8. The van der Waals surface area contributed by atoms with Gasteiger partial charge in [0.05, 0.1) is 34.5 Å². The van der Waals surface area contributed by atoms with E-state index in [0.717, 1.165) is 16.7 Å². The molecule has 3 rings (SSSR count). The summed E-state index contributed by atoms with van der Waals surface area (Å²) in [7, 11) is -12.1. The molecule has 0 fully saturated rings. The molecule has 15 heteroatoms. The molecule has 12 nitrogen and oxygen atoms in total. The van der Waals surface area contributed by atoms with Crippen molar-refractivity contribution >= 4 is 30.4 Å². The Kier molecular flexibility index (Phi) is 16.3. The molecule has 0 heterocycles. The number of aliphatic hydroxyl groups is 3. The summed E-state index contributed by atoms with van der Waals surface area (Å²) >= 11 is 0. The fourth-order valence-electron chi connectivity index (χ4n) is 2.62. The Morgan fingerprint density at radius 2 is 0.667 bits per heavy atom. The van der Waals surface area contributed by atoms with E-state index in [1.807, 2.05) is 27.7 Å². The summed E-state index contributed by atoms with van der Waals surface area (Å²) in [4.78, 5) is -0.200. The second-order valence-corrected chi connectivity index (χ2v) is 13.5. The van der Waals surface area contributed by atoms with Crippen LogP contribution in [0, 0.1) is 26.2 Å². The molecular weight excluding hydrogens is 612 g/mol.